The largest absolute Gasteiger partial charge is 0.480 e. The normalized spacial score (nSPS) is 13.8. The van der Waals surface area contributed by atoms with E-state index in [1.54, 1.807) is 32.2 Å². The summed E-state index contributed by atoms with van der Waals surface area (Å²) in [4.78, 5) is 22.0. The van der Waals surface area contributed by atoms with Gasteiger partial charge in [0.1, 0.15) is 5.54 Å². The van der Waals surface area contributed by atoms with Gasteiger partial charge in [-0.3, -0.25) is 14.9 Å². The maximum absolute atomic E-state index is 11.1. The van der Waals surface area contributed by atoms with E-state index in [0.29, 0.717) is 17.1 Å². The van der Waals surface area contributed by atoms with Gasteiger partial charge in [0.15, 0.2) is 0 Å². The summed E-state index contributed by atoms with van der Waals surface area (Å²) >= 11 is 1.29. The molecule has 0 saturated heterocycles. The Kier molecular flexibility index (Phi) is 5.31. The molecule has 0 fully saturated rings. The minimum atomic E-state index is -1.02. The lowest BCUT2D eigenvalue weighted by molar-refractivity contribution is -0.387. The first-order chi connectivity index (χ1) is 8.90. The predicted molar refractivity (Wildman–Crippen MR) is 73.5 cm³/mol. The number of carboxylic acids is 1. The molecule has 1 unspecified atom stereocenters. The van der Waals surface area contributed by atoms with Crippen LogP contribution in [0.3, 0.4) is 0 Å². The third kappa shape index (κ3) is 3.93. The summed E-state index contributed by atoms with van der Waals surface area (Å²) in [5.74, 6) is -0.452. The summed E-state index contributed by atoms with van der Waals surface area (Å²) in [6, 6.07) is 6.44. The van der Waals surface area contributed by atoms with E-state index in [-0.39, 0.29) is 5.69 Å². The van der Waals surface area contributed by atoms with Crippen molar-refractivity contribution in [3.63, 3.8) is 0 Å². The quantitative estimate of drug-likeness (QED) is 0.453. The van der Waals surface area contributed by atoms with Gasteiger partial charge in [0.2, 0.25) is 0 Å². The molecule has 0 aliphatic heterocycles. The van der Waals surface area contributed by atoms with Crippen LogP contribution < -0.4 is 5.32 Å². The highest BCUT2D eigenvalue weighted by atomic mass is 32.2. The average molecular weight is 284 g/mol. The minimum Gasteiger partial charge on any atom is -0.480 e. The van der Waals surface area contributed by atoms with Crippen molar-refractivity contribution in [2.24, 2.45) is 0 Å². The number of nitro benzene ring substituents is 1. The van der Waals surface area contributed by atoms with Crippen molar-refractivity contribution in [3.8, 4) is 0 Å². The molecular formula is C12H16N2O4S. The van der Waals surface area contributed by atoms with Crippen LogP contribution in [-0.4, -0.2) is 34.3 Å². The number of carboxylic acid groups (broad SMARTS) is 1. The van der Waals surface area contributed by atoms with Gasteiger partial charge in [0.25, 0.3) is 5.69 Å². The zero-order valence-corrected chi connectivity index (χ0v) is 11.6. The molecule has 1 aromatic rings. The summed E-state index contributed by atoms with van der Waals surface area (Å²) in [5.41, 5.74) is -0.967. The van der Waals surface area contributed by atoms with Crippen LogP contribution in [0.1, 0.15) is 13.3 Å². The molecule has 0 aliphatic carbocycles. The molecule has 0 amide bonds. The molecule has 6 nitrogen and oxygen atoms in total. The Morgan fingerprint density at radius 3 is 2.68 bits per heavy atom. The smallest absolute Gasteiger partial charge is 0.323 e. The molecule has 1 aromatic carbocycles. The number of nitrogens with one attached hydrogen (secondary N) is 1. The van der Waals surface area contributed by atoms with E-state index in [9.17, 15) is 14.9 Å². The lowest BCUT2D eigenvalue weighted by Gasteiger charge is -2.23. The Hall–Kier alpha value is -1.60. The second kappa shape index (κ2) is 6.53. The fourth-order valence-electron chi connectivity index (χ4n) is 1.43. The number of thioether (sulfide) groups is 1. The van der Waals surface area contributed by atoms with Crippen molar-refractivity contribution in [3.05, 3.63) is 34.4 Å². The van der Waals surface area contributed by atoms with Crippen molar-refractivity contribution < 1.29 is 14.8 Å². The van der Waals surface area contributed by atoms with Crippen molar-refractivity contribution in [2.45, 2.75) is 23.8 Å². The van der Waals surface area contributed by atoms with Crippen molar-refractivity contribution >= 4 is 23.4 Å². The maximum Gasteiger partial charge on any atom is 0.323 e. The van der Waals surface area contributed by atoms with Crippen molar-refractivity contribution in [1.29, 1.82) is 0 Å². The van der Waals surface area contributed by atoms with E-state index in [1.165, 1.54) is 17.8 Å². The third-order valence-electron chi connectivity index (χ3n) is 2.95. The van der Waals surface area contributed by atoms with Gasteiger partial charge in [0.05, 0.1) is 9.82 Å². The second-order valence-electron chi connectivity index (χ2n) is 4.21. The number of likely N-dealkylation sites (N-methyl/N-ethyl adjacent to an activating group) is 1. The van der Waals surface area contributed by atoms with Gasteiger partial charge >= 0.3 is 5.97 Å². The van der Waals surface area contributed by atoms with E-state index in [0.717, 1.165) is 0 Å². The Balaban J connectivity index is 2.68. The van der Waals surface area contributed by atoms with Gasteiger partial charge < -0.3 is 10.4 Å². The minimum absolute atomic E-state index is 0.0500. The van der Waals surface area contributed by atoms with Gasteiger partial charge in [-0.1, -0.05) is 12.1 Å². The van der Waals surface area contributed by atoms with Crippen LogP contribution in [0.5, 0.6) is 0 Å². The second-order valence-corrected chi connectivity index (χ2v) is 5.35. The average Bonchev–Trinajstić information content (AvgIpc) is 2.38. The molecule has 0 spiro atoms. The third-order valence-corrected chi connectivity index (χ3v) is 4.01. The number of benzene rings is 1. The fraction of sp³-hybridized carbons (Fsp3) is 0.417. The topological polar surface area (TPSA) is 92.5 Å². The number of hydrogen-bond acceptors (Lipinski definition) is 5. The monoisotopic (exact) mass is 284 g/mol. The van der Waals surface area contributed by atoms with Crippen LogP contribution in [-0.2, 0) is 4.79 Å². The summed E-state index contributed by atoms with van der Waals surface area (Å²) < 4.78 is 0. The molecule has 1 atom stereocenters. The van der Waals surface area contributed by atoms with Gasteiger partial charge in [-0.15, -0.1) is 11.8 Å². The molecule has 1 rings (SSSR count). The lowest BCUT2D eigenvalue weighted by Crippen LogP contribution is -2.47. The molecule has 104 valence electrons. The number of para-hydroxylation sites is 1. The number of aliphatic carboxylic acids is 1. The van der Waals surface area contributed by atoms with Crippen LogP contribution in [0.2, 0.25) is 0 Å². The van der Waals surface area contributed by atoms with E-state index in [2.05, 4.69) is 5.32 Å². The molecule has 7 heteroatoms. The van der Waals surface area contributed by atoms with Crippen LogP contribution in [0.4, 0.5) is 5.69 Å². The van der Waals surface area contributed by atoms with E-state index in [4.69, 9.17) is 5.11 Å². The first-order valence-electron chi connectivity index (χ1n) is 5.69. The van der Waals surface area contributed by atoms with Gasteiger partial charge in [-0.2, -0.15) is 0 Å². The first-order valence-corrected chi connectivity index (χ1v) is 6.68. The highest BCUT2D eigenvalue weighted by molar-refractivity contribution is 7.99. The lowest BCUT2D eigenvalue weighted by atomic mass is 10.00. The number of hydrogen-bond donors (Lipinski definition) is 2. The van der Waals surface area contributed by atoms with Crippen LogP contribution in [0.15, 0.2) is 29.2 Å². The molecule has 0 aliphatic rings. The predicted octanol–water partition coefficient (Wildman–Crippen LogP) is 2.14. The number of carbonyl (C=O) groups is 1. The van der Waals surface area contributed by atoms with Crippen LogP contribution in [0, 0.1) is 10.1 Å². The van der Waals surface area contributed by atoms with E-state index < -0.39 is 16.4 Å². The van der Waals surface area contributed by atoms with Crippen LogP contribution in [0.25, 0.3) is 0 Å². The zero-order valence-electron chi connectivity index (χ0n) is 10.8. The van der Waals surface area contributed by atoms with Gasteiger partial charge in [0, 0.05) is 11.8 Å². The summed E-state index contributed by atoms with van der Waals surface area (Å²) in [7, 11) is 1.59. The zero-order chi connectivity index (χ0) is 14.5. The SMILES string of the molecule is CNC(C)(CCSc1ccccc1[N+](=O)[O-])C(=O)O. The van der Waals surface area contributed by atoms with E-state index >= 15 is 0 Å². The molecule has 0 radical (unpaired) electrons. The molecule has 0 bridgehead atoms. The number of rotatable bonds is 7. The number of nitro groups is 1. The molecular weight excluding hydrogens is 268 g/mol. The Morgan fingerprint density at radius 1 is 1.53 bits per heavy atom. The number of nitrogens with zero attached hydrogens (tertiary/aromatic N) is 1. The maximum atomic E-state index is 11.1. The van der Waals surface area contributed by atoms with Crippen LogP contribution >= 0.6 is 11.8 Å². The molecule has 0 heterocycles. The summed E-state index contributed by atoms with van der Waals surface area (Å²) in [5, 5.41) is 22.7. The summed E-state index contributed by atoms with van der Waals surface area (Å²) in [6.07, 6.45) is 0.371. The fourth-order valence-corrected chi connectivity index (χ4v) is 2.63. The molecule has 0 aromatic heterocycles. The molecule has 19 heavy (non-hydrogen) atoms. The molecule has 2 N–H and O–H groups in total. The van der Waals surface area contributed by atoms with Crippen molar-refractivity contribution in [2.75, 3.05) is 12.8 Å². The standard InChI is InChI=1S/C12H16N2O4S/c1-12(13-2,11(15)16)7-8-19-10-6-4-3-5-9(10)14(17)18/h3-6,13H,7-8H2,1-2H3,(H,15,16). The highest BCUT2D eigenvalue weighted by Gasteiger charge is 2.30. The first kappa shape index (κ1) is 15.5. The van der Waals surface area contributed by atoms with Crippen molar-refractivity contribution in [1.82, 2.24) is 5.32 Å². The molecule has 0 saturated carbocycles. The van der Waals surface area contributed by atoms with Gasteiger partial charge in [-0.05, 0) is 26.5 Å². The highest BCUT2D eigenvalue weighted by Crippen LogP contribution is 2.30. The van der Waals surface area contributed by atoms with Gasteiger partial charge in [-0.25, -0.2) is 0 Å². The Labute approximate surface area is 115 Å². The summed E-state index contributed by atoms with van der Waals surface area (Å²) in [6.45, 7) is 1.59. The Bertz CT molecular complexity index is 481. The van der Waals surface area contributed by atoms with E-state index in [1.807, 2.05) is 0 Å². The Morgan fingerprint density at radius 2 is 2.16 bits per heavy atom.